The molecule has 9 heteroatoms. The fourth-order valence-corrected chi connectivity index (χ4v) is 5.02. The third kappa shape index (κ3) is 6.31. The molecule has 2 aliphatic rings. The molecule has 0 aliphatic carbocycles. The number of rotatable bonds is 6. The molecule has 4 rings (SSSR count). The fourth-order valence-electron chi connectivity index (χ4n) is 4.21. The number of amides is 2. The van der Waals surface area contributed by atoms with Crippen molar-refractivity contribution in [3.05, 3.63) is 40.9 Å². The molecule has 8 nitrogen and oxygen atoms in total. The van der Waals surface area contributed by atoms with E-state index in [1.165, 1.54) is 5.56 Å². The Morgan fingerprint density at radius 3 is 2.48 bits per heavy atom. The van der Waals surface area contributed by atoms with E-state index in [4.69, 9.17) is 9.72 Å². The van der Waals surface area contributed by atoms with Crippen LogP contribution < -0.4 is 0 Å². The first-order valence-corrected chi connectivity index (χ1v) is 12.5. The van der Waals surface area contributed by atoms with Gasteiger partial charge in [0.25, 0.3) is 0 Å². The molecule has 0 radical (unpaired) electrons. The summed E-state index contributed by atoms with van der Waals surface area (Å²) in [6.45, 7) is 9.61. The summed E-state index contributed by atoms with van der Waals surface area (Å²) in [6, 6.07) is 8.58. The number of hydrogen-bond donors (Lipinski definition) is 0. The van der Waals surface area contributed by atoms with E-state index in [0.717, 1.165) is 49.0 Å². The van der Waals surface area contributed by atoms with E-state index < -0.39 is 0 Å². The van der Waals surface area contributed by atoms with E-state index in [-0.39, 0.29) is 18.4 Å². The van der Waals surface area contributed by atoms with Crippen molar-refractivity contribution in [1.82, 2.24) is 24.6 Å². The van der Waals surface area contributed by atoms with Gasteiger partial charge in [-0.1, -0.05) is 18.2 Å². The normalized spacial score (nSPS) is 17.9. The van der Waals surface area contributed by atoms with E-state index in [0.29, 0.717) is 32.8 Å². The molecule has 0 N–H and O–H groups in total. The number of ether oxygens (including phenoxy) is 1. The van der Waals surface area contributed by atoms with Gasteiger partial charge in [0, 0.05) is 69.8 Å². The highest BCUT2D eigenvalue weighted by Crippen LogP contribution is 2.25. The van der Waals surface area contributed by atoms with Crippen molar-refractivity contribution in [2.24, 2.45) is 0 Å². The van der Waals surface area contributed by atoms with Crippen molar-refractivity contribution in [2.75, 3.05) is 66.0 Å². The summed E-state index contributed by atoms with van der Waals surface area (Å²) in [6.07, 6.45) is -0.0136. The zero-order valence-electron chi connectivity index (χ0n) is 19.5. The van der Waals surface area contributed by atoms with E-state index >= 15 is 0 Å². The summed E-state index contributed by atoms with van der Waals surface area (Å²) in [7, 11) is 2.17. The second kappa shape index (κ2) is 11.1. The predicted octanol–water partition coefficient (Wildman–Crippen LogP) is 2.40. The van der Waals surface area contributed by atoms with Gasteiger partial charge in [0.2, 0.25) is 5.91 Å². The zero-order chi connectivity index (χ0) is 23.2. The van der Waals surface area contributed by atoms with E-state index in [1.54, 1.807) is 23.2 Å². The summed E-state index contributed by atoms with van der Waals surface area (Å²) < 4.78 is 5.04. The third-order valence-electron chi connectivity index (χ3n) is 6.22. The van der Waals surface area contributed by atoms with Gasteiger partial charge in [-0.3, -0.25) is 9.69 Å². The van der Waals surface area contributed by atoms with Crippen molar-refractivity contribution < 1.29 is 14.3 Å². The van der Waals surface area contributed by atoms with Crippen LogP contribution in [-0.4, -0.2) is 103 Å². The minimum atomic E-state index is -0.302. The standard InChI is InChI=1S/C24H33N5O3S/c1-3-32-24(31)29-13-11-28(12-14-29)22(30)16-21-18-33-23(25-21)20-6-4-5-19(15-20)17-27-9-7-26(2)8-10-27/h4-6,15,18H,3,7-14,16-17H2,1-2H3. The van der Waals surface area contributed by atoms with Gasteiger partial charge >= 0.3 is 6.09 Å². The number of hydrogen-bond acceptors (Lipinski definition) is 7. The van der Waals surface area contributed by atoms with Crippen LogP contribution in [0.4, 0.5) is 4.79 Å². The SMILES string of the molecule is CCOC(=O)N1CCN(C(=O)Cc2csc(-c3cccc(CN4CCN(C)CC4)c3)n2)CC1. The maximum Gasteiger partial charge on any atom is 0.409 e. The minimum Gasteiger partial charge on any atom is -0.450 e. The lowest BCUT2D eigenvalue weighted by atomic mass is 10.1. The topological polar surface area (TPSA) is 69.2 Å². The van der Waals surface area contributed by atoms with Crippen LogP contribution in [0.2, 0.25) is 0 Å². The maximum atomic E-state index is 12.8. The molecule has 0 atom stereocenters. The molecular weight excluding hydrogens is 438 g/mol. The molecular formula is C24H33N5O3S. The Hall–Kier alpha value is -2.49. The quantitative estimate of drug-likeness (QED) is 0.645. The maximum absolute atomic E-state index is 12.8. The second-order valence-electron chi connectivity index (χ2n) is 8.67. The summed E-state index contributed by atoms with van der Waals surface area (Å²) in [5.74, 6) is 0.0548. The van der Waals surface area contributed by atoms with Gasteiger partial charge in [0.1, 0.15) is 5.01 Å². The van der Waals surface area contributed by atoms with E-state index in [9.17, 15) is 9.59 Å². The van der Waals surface area contributed by atoms with Crippen LogP contribution in [0.25, 0.3) is 10.6 Å². The summed E-state index contributed by atoms with van der Waals surface area (Å²) in [5, 5.41) is 2.93. The number of piperazine rings is 2. The second-order valence-corrected chi connectivity index (χ2v) is 9.53. The number of carbonyl (C=O) groups excluding carboxylic acids is 2. The lowest BCUT2D eigenvalue weighted by Gasteiger charge is -2.34. The van der Waals surface area contributed by atoms with E-state index in [1.807, 2.05) is 10.3 Å². The number of benzene rings is 1. The first kappa shape index (κ1) is 23.7. The molecule has 2 aromatic rings. The largest absolute Gasteiger partial charge is 0.450 e. The Morgan fingerprint density at radius 2 is 1.76 bits per heavy atom. The Kier molecular flexibility index (Phi) is 7.95. The van der Waals surface area contributed by atoms with Gasteiger partial charge in [-0.2, -0.15) is 0 Å². The molecule has 2 amide bonds. The lowest BCUT2D eigenvalue weighted by Crippen LogP contribution is -2.51. The fraction of sp³-hybridized carbons (Fsp3) is 0.542. The lowest BCUT2D eigenvalue weighted by molar-refractivity contribution is -0.132. The van der Waals surface area contributed by atoms with Crippen LogP contribution >= 0.6 is 11.3 Å². The Morgan fingerprint density at radius 1 is 1.03 bits per heavy atom. The molecule has 2 fully saturated rings. The summed E-state index contributed by atoms with van der Waals surface area (Å²) in [4.78, 5) is 37.7. The molecule has 178 valence electrons. The van der Waals surface area contributed by atoms with Crippen molar-refractivity contribution in [1.29, 1.82) is 0 Å². The summed E-state index contributed by atoms with van der Waals surface area (Å²) >= 11 is 1.58. The Bertz CT molecular complexity index is 949. The molecule has 0 bridgehead atoms. The van der Waals surface area contributed by atoms with Crippen LogP contribution in [0.3, 0.4) is 0 Å². The van der Waals surface area contributed by atoms with Gasteiger partial charge in [0.05, 0.1) is 18.7 Å². The molecule has 0 unspecified atom stereocenters. The molecule has 2 saturated heterocycles. The Balaban J connectivity index is 1.31. The van der Waals surface area contributed by atoms with Gasteiger partial charge in [-0.25, -0.2) is 9.78 Å². The van der Waals surface area contributed by atoms with Crippen LogP contribution in [0.15, 0.2) is 29.6 Å². The highest BCUT2D eigenvalue weighted by Gasteiger charge is 2.25. The van der Waals surface area contributed by atoms with Crippen molar-refractivity contribution >= 4 is 23.3 Å². The number of carbonyl (C=O) groups is 2. The van der Waals surface area contributed by atoms with Crippen molar-refractivity contribution in [3.8, 4) is 10.6 Å². The smallest absolute Gasteiger partial charge is 0.409 e. The molecule has 3 heterocycles. The zero-order valence-corrected chi connectivity index (χ0v) is 20.4. The minimum absolute atomic E-state index is 0.0548. The van der Waals surface area contributed by atoms with Crippen molar-refractivity contribution in [2.45, 2.75) is 19.9 Å². The first-order valence-electron chi connectivity index (χ1n) is 11.7. The predicted molar refractivity (Wildman–Crippen MR) is 129 cm³/mol. The van der Waals surface area contributed by atoms with Crippen LogP contribution in [0, 0.1) is 0 Å². The van der Waals surface area contributed by atoms with Gasteiger partial charge in [-0.15, -0.1) is 11.3 Å². The average molecular weight is 472 g/mol. The monoisotopic (exact) mass is 471 g/mol. The average Bonchev–Trinajstić information content (AvgIpc) is 3.29. The van der Waals surface area contributed by atoms with Crippen LogP contribution in [0.1, 0.15) is 18.2 Å². The number of thiazole rings is 1. The highest BCUT2D eigenvalue weighted by molar-refractivity contribution is 7.13. The molecule has 33 heavy (non-hydrogen) atoms. The molecule has 1 aromatic heterocycles. The van der Waals surface area contributed by atoms with Crippen LogP contribution in [-0.2, 0) is 22.5 Å². The highest BCUT2D eigenvalue weighted by atomic mass is 32.1. The summed E-state index contributed by atoms with van der Waals surface area (Å²) in [5.41, 5.74) is 3.20. The molecule has 0 spiro atoms. The number of nitrogens with zero attached hydrogens (tertiary/aromatic N) is 5. The Labute approximate surface area is 199 Å². The third-order valence-corrected chi connectivity index (χ3v) is 7.16. The van der Waals surface area contributed by atoms with Crippen molar-refractivity contribution in [3.63, 3.8) is 0 Å². The van der Waals surface area contributed by atoms with Gasteiger partial charge in [-0.05, 0) is 25.6 Å². The number of aromatic nitrogens is 1. The van der Waals surface area contributed by atoms with Gasteiger partial charge < -0.3 is 19.4 Å². The molecule has 1 aromatic carbocycles. The van der Waals surface area contributed by atoms with Crippen LogP contribution in [0.5, 0.6) is 0 Å². The number of likely N-dealkylation sites (N-methyl/N-ethyl adjacent to an activating group) is 1. The molecule has 2 aliphatic heterocycles. The van der Waals surface area contributed by atoms with Gasteiger partial charge in [0.15, 0.2) is 0 Å². The van der Waals surface area contributed by atoms with E-state index in [2.05, 4.69) is 41.1 Å². The molecule has 0 saturated carbocycles. The first-order chi connectivity index (χ1) is 16.0.